The molecule has 0 bridgehead atoms. The van der Waals surface area contributed by atoms with Crippen LogP contribution in [0.2, 0.25) is 0 Å². The van der Waals surface area contributed by atoms with E-state index in [0.29, 0.717) is 0 Å². The molecule has 0 unspecified atom stereocenters. The molecular weight excluding hydrogens is 211 g/mol. The minimum atomic E-state index is -1.10. The zero-order chi connectivity index (χ0) is 7.61. The van der Waals surface area contributed by atoms with Gasteiger partial charge in [-0.15, -0.1) is 0 Å². The van der Waals surface area contributed by atoms with Crippen LogP contribution in [0.1, 0.15) is 0 Å². The Labute approximate surface area is 76.0 Å². The average molecular weight is 216 g/mol. The van der Waals surface area contributed by atoms with Crippen LogP contribution in [0.25, 0.3) is 0 Å². The Morgan fingerprint density at radius 3 is 2.50 bits per heavy atom. The number of halogens is 3. The van der Waals surface area contributed by atoms with E-state index in [-0.39, 0.29) is 0 Å². The summed E-state index contributed by atoms with van der Waals surface area (Å²) in [5, 5.41) is 0. The van der Waals surface area contributed by atoms with Gasteiger partial charge in [-0.1, -0.05) is 34.8 Å². The fraction of sp³-hybridized carbons (Fsp3) is 0.250. The third-order valence-corrected chi connectivity index (χ3v) is 3.09. The van der Waals surface area contributed by atoms with Crippen LogP contribution in [0, 0.1) is 0 Å². The predicted molar refractivity (Wildman–Crippen MR) is 46.5 cm³/mol. The first-order valence-corrected chi connectivity index (χ1v) is 5.08. The maximum absolute atomic E-state index is 5.57. The van der Waals surface area contributed by atoms with Crippen LogP contribution in [0.4, 0.5) is 0 Å². The normalized spacial score (nSPS) is 13.1. The van der Waals surface area contributed by atoms with Gasteiger partial charge in [0.1, 0.15) is 0 Å². The highest BCUT2D eigenvalue weighted by Crippen LogP contribution is 2.24. The zero-order valence-corrected chi connectivity index (χ0v) is 8.65. The van der Waals surface area contributed by atoms with Crippen LogP contribution in [0.15, 0.2) is 18.7 Å². The number of hydrogen-bond acceptors (Lipinski definition) is 1. The minimum Gasteiger partial charge on any atom is -0.366 e. The largest absolute Gasteiger partial charge is 0.366 e. The van der Waals surface area contributed by atoms with Crippen molar-refractivity contribution in [3.8, 4) is 0 Å². The Morgan fingerprint density at radius 2 is 2.10 bits per heavy atom. The van der Waals surface area contributed by atoms with Crippen LogP contribution < -0.4 is 0 Å². The lowest BCUT2D eigenvalue weighted by Crippen LogP contribution is -2.21. The van der Waals surface area contributed by atoms with Crippen molar-refractivity contribution in [2.24, 2.45) is 0 Å². The molecule has 0 aliphatic rings. The summed E-state index contributed by atoms with van der Waals surface area (Å²) in [6, 6.07) is 0. The molecule has 0 aliphatic carbocycles. The highest BCUT2D eigenvalue weighted by Gasteiger charge is 2.20. The topological polar surface area (TPSA) is 17.8 Å². The van der Waals surface area contributed by atoms with Gasteiger partial charge >= 0.3 is 0 Å². The van der Waals surface area contributed by atoms with Gasteiger partial charge in [-0.25, -0.2) is 4.98 Å². The third kappa shape index (κ3) is 2.92. The van der Waals surface area contributed by atoms with Crippen molar-refractivity contribution in [2.75, 3.05) is 0 Å². The molecule has 2 nitrogen and oxygen atoms in total. The Hall–Kier alpha value is 0.297. The molecule has 6 heteroatoms. The first-order chi connectivity index (χ1) is 4.58. The van der Waals surface area contributed by atoms with Crippen LogP contribution in [0.3, 0.4) is 0 Å². The third-order valence-electron chi connectivity index (χ3n) is 0.921. The van der Waals surface area contributed by atoms with Crippen molar-refractivity contribution >= 4 is 44.5 Å². The summed E-state index contributed by atoms with van der Waals surface area (Å²) in [5.74, 6) is 0. The summed E-state index contributed by atoms with van der Waals surface area (Å²) in [4.78, 5) is 3.83. The van der Waals surface area contributed by atoms with Gasteiger partial charge in [-0.3, -0.25) is 0 Å². The molecule has 0 radical (unpaired) electrons. The van der Waals surface area contributed by atoms with Crippen molar-refractivity contribution in [1.82, 2.24) is 9.22 Å². The fourth-order valence-corrected chi connectivity index (χ4v) is 2.62. The van der Waals surface area contributed by atoms with Gasteiger partial charge in [0.25, 0.3) is 0 Å². The van der Waals surface area contributed by atoms with E-state index in [1.165, 1.54) is 0 Å². The van der Waals surface area contributed by atoms with Crippen molar-refractivity contribution < 1.29 is 0 Å². The van der Waals surface area contributed by atoms with Gasteiger partial charge in [0.05, 0.1) is 6.33 Å². The molecule has 1 heterocycles. The molecule has 0 saturated heterocycles. The molecule has 0 amide bonds. The standard InChI is InChI=1S/C4H5Cl3N2Si/c5-4(6,7)10-9-2-1-8-3-9/h1-3H,10H2. The van der Waals surface area contributed by atoms with Crippen molar-refractivity contribution in [1.29, 1.82) is 0 Å². The van der Waals surface area contributed by atoms with Gasteiger partial charge in [0.2, 0.25) is 0 Å². The molecule has 0 N–H and O–H groups in total. The quantitative estimate of drug-likeness (QED) is 0.508. The van der Waals surface area contributed by atoms with Crippen molar-refractivity contribution in [2.45, 2.75) is 3.42 Å². The summed E-state index contributed by atoms with van der Waals surface area (Å²) in [6.45, 7) is 0. The Morgan fingerprint density at radius 1 is 1.40 bits per heavy atom. The smallest absolute Gasteiger partial charge is 0.191 e. The zero-order valence-electron chi connectivity index (χ0n) is 4.97. The number of hydrogen-bond donors (Lipinski definition) is 0. The van der Waals surface area contributed by atoms with Gasteiger partial charge in [-0.2, -0.15) is 0 Å². The van der Waals surface area contributed by atoms with Gasteiger partial charge in [0, 0.05) is 12.4 Å². The van der Waals surface area contributed by atoms with E-state index < -0.39 is 13.1 Å². The predicted octanol–water partition coefficient (Wildman–Crippen LogP) is 1.14. The lowest BCUT2D eigenvalue weighted by atomic mass is 11.0. The second-order valence-electron chi connectivity index (χ2n) is 1.85. The summed E-state index contributed by atoms with van der Waals surface area (Å²) in [7, 11) is -0.880. The maximum atomic E-state index is 5.57. The molecule has 1 rings (SSSR count). The van der Waals surface area contributed by atoms with E-state index in [2.05, 4.69) is 4.98 Å². The van der Waals surface area contributed by atoms with Crippen LogP contribution in [-0.2, 0) is 0 Å². The number of nitrogens with zero attached hydrogens (tertiary/aromatic N) is 2. The van der Waals surface area contributed by atoms with E-state index in [1.807, 2.05) is 4.23 Å². The monoisotopic (exact) mass is 214 g/mol. The lowest BCUT2D eigenvalue weighted by Gasteiger charge is -2.08. The summed E-state index contributed by atoms with van der Waals surface area (Å²) >= 11 is 16.7. The van der Waals surface area contributed by atoms with E-state index in [4.69, 9.17) is 34.8 Å². The number of imidazole rings is 1. The average Bonchev–Trinajstić information content (AvgIpc) is 2.12. The SMILES string of the molecule is ClC(Cl)(Cl)[SiH2]n1ccnc1. The van der Waals surface area contributed by atoms with Crippen LogP contribution in [-0.4, -0.2) is 22.3 Å². The number of rotatable bonds is 1. The summed E-state index contributed by atoms with van der Waals surface area (Å²) in [5.41, 5.74) is 0. The fourth-order valence-electron chi connectivity index (χ4n) is 0.587. The van der Waals surface area contributed by atoms with Crippen molar-refractivity contribution in [3.05, 3.63) is 18.7 Å². The molecule has 56 valence electrons. The van der Waals surface area contributed by atoms with E-state index in [9.17, 15) is 0 Å². The molecule has 0 aliphatic heterocycles. The molecule has 0 saturated carbocycles. The summed E-state index contributed by atoms with van der Waals surface area (Å²) < 4.78 is 0.744. The molecule has 0 spiro atoms. The molecular formula is C4H5Cl3N2Si. The highest BCUT2D eigenvalue weighted by molar-refractivity contribution is 6.86. The Bertz CT molecular complexity index is 193. The molecule has 0 fully saturated rings. The molecule has 0 atom stereocenters. The first kappa shape index (κ1) is 8.39. The second-order valence-corrected chi connectivity index (χ2v) is 7.82. The molecule has 1 aromatic rings. The second kappa shape index (κ2) is 3.13. The molecule has 10 heavy (non-hydrogen) atoms. The first-order valence-electron chi connectivity index (χ1n) is 2.60. The molecule has 0 aromatic carbocycles. The minimum absolute atomic E-state index is 0.880. The Balaban J connectivity index is 2.57. The van der Waals surface area contributed by atoms with E-state index in [0.717, 1.165) is 0 Å². The van der Waals surface area contributed by atoms with Gasteiger partial charge in [-0.05, 0) is 0 Å². The summed E-state index contributed by atoms with van der Waals surface area (Å²) in [6.07, 6.45) is 5.13. The molecule has 1 aromatic heterocycles. The highest BCUT2D eigenvalue weighted by atomic mass is 35.6. The lowest BCUT2D eigenvalue weighted by molar-refractivity contribution is 1.17. The van der Waals surface area contributed by atoms with Crippen molar-refractivity contribution in [3.63, 3.8) is 0 Å². The van der Waals surface area contributed by atoms with Crippen LogP contribution >= 0.6 is 34.8 Å². The number of aromatic nitrogens is 2. The number of alkyl halides is 3. The van der Waals surface area contributed by atoms with Gasteiger partial charge in [0.15, 0.2) is 13.1 Å². The van der Waals surface area contributed by atoms with Gasteiger partial charge < -0.3 is 4.23 Å². The van der Waals surface area contributed by atoms with E-state index >= 15 is 0 Å². The Kier molecular flexibility index (Phi) is 2.63. The van der Waals surface area contributed by atoms with E-state index in [1.54, 1.807) is 18.7 Å². The van der Waals surface area contributed by atoms with Crippen LogP contribution in [0.5, 0.6) is 0 Å². The maximum Gasteiger partial charge on any atom is 0.191 e.